The Hall–Kier alpha value is -0.380. The van der Waals surface area contributed by atoms with Crippen LogP contribution < -0.4 is 5.32 Å². The first-order valence-electron chi connectivity index (χ1n) is 5.88. The number of amidine groups is 1. The van der Waals surface area contributed by atoms with Crippen molar-refractivity contribution >= 4 is 16.9 Å². The first-order valence-corrected chi connectivity index (χ1v) is 6.76. The zero-order valence-corrected chi connectivity index (χ0v) is 10.6. The maximum absolute atomic E-state index is 9.93. The van der Waals surface area contributed by atoms with Crippen molar-refractivity contribution in [3.63, 3.8) is 0 Å². The molecule has 5 unspecified atom stereocenters. The van der Waals surface area contributed by atoms with Gasteiger partial charge >= 0.3 is 0 Å². The molecule has 18 heavy (non-hydrogen) atoms. The fraction of sp³-hybridized carbons (Fsp3) is 0.900. The molecule has 8 heteroatoms. The predicted octanol–water partition coefficient (Wildman–Crippen LogP) is -2.13. The van der Waals surface area contributed by atoms with Crippen LogP contribution in [-0.2, 0) is 4.74 Å². The lowest BCUT2D eigenvalue weighted by Crippen LogP contribution is -2.59. The van der Waals surface area contributed by atoms with Crippen LogP contribution in [0.2, 0.25) is 0 Å². The molecular weight excluding hydrogens is 260 g/mol. The third-order valence-corrected chi connectivity index (χ3v) is 4.08. The molecule has 5 atom stereocenters. The number of aliphatic hydroxyl groups is 4. The summed E-state index contributed by atoms with van der Waals surface area (Å²) in [6.07, 6.45) is -2.31. The second-order valence-electron chi connectivity index (χ2n) is 4.26. The van der Waals surface area contributed by atoms with Gasteiger partial charge in [-0.15, -0.1) is 0 Å². The number of hydrogen-bond acceptors (Lipinski definition) is 7. The van der Waals surface area contributed by atoms with Gasteiger partial charge in [-0.05, 0) is 6.42 Å². The summed E-state index contributed by atoms with van der Waals surface area (Å²) in [5.74, 6) is 0. The van der Waals surface area contributed by atoms with Crippen LogP contribution in [0.5, 0.6) is 0 Å². The second kappa shape index (κ2) is 6.18. The van der Waals surface area contributed by atoms with E-state index in [0.717, 1.165) is 0 Å². The molecule has 0 aromatic heterocycles. The fourth-order valence-corrected chi connectivity index (χ4v) is 3.12. The van der Waals surface area contributed by atoms with E-state index in [1.807, 2.05) is 0 Å². The fourth-order valence-electron chi connectivity index (χ4n) is 1.96. The smallest absolute Gasteiger partial charge is 0.159 e. The maximum Gasteiger partial charge on any atom is 0.159 e. The highest BCUT2D eigenvalue weighted by molar-refractivity contribution is 8.14. The maximum atomic E-state index is 9.93. The van der Waals surface area contributed by atoms with E-state index in [1.54, 1.807) is 0 Å². The van der Waals surface area contributed by atoms with Gasteiger partial charge in [0.25, 0.3) is 0 Å². The molecule has 2 aliphatic rings. The number of hydrogen-bond donors (Lipinski definition) is 5. The summed E-state index contributed by atoms with van der Waals surface area (Å²) in [5.41, 5.74) is -0.367. The Balaban J connectivity index is 1.98. The lowest BCUT2D eigenvalue weighted by Gasteiger charge is -2.38. The highest BCUT2D eigenvalue weighted by Gasteiger charge is 2.48. The number of aliphatic hydroxyl groups excluding tert-OH is 4. The van der Waals surface area contributed by atoms with Gasteiger partial charge in [-0.2, -0.15) is 0 Å². The third-order valence-electron chi connectivity index (χ3n) is 2.97. The first kappa shape index (κ1) is 14.0. The molecule has 2 aliphatic heterocycles. The van der Waals surface area contributed by atoms with Crippen molar-refractivity contribution in [3.05, 3.63) is 0 Å². The van der Waals surface area contributed by atoms with E-state index in [1.165, 1.54) is 11.8 Å². The lowest BCUT2D eigenvalue weighted by molar-refractivity contribution is -0.167. The van der Waals surface area contributed by atoms with Crippen LogP contribution in [0.4, 0.5) is 0 Å². The zero-order valence-electron chi connectivity index (χ0n) is 9.77. The third kappa shape index (κ3) is 2.79. The molecule has 2 saturated heterocycles. The van der Waals surface area contributed by atoms with Crippen LogP contribution in [0.1, 0.15) is 6.42 Å². The summed E-state index contributed by atoms with van der Waals surface area (Å²) in [6, 6.07) is -0.430. The summed E-state index contributed by atoms with van der Waals surface area (Å²) in [6.45, 7) is 0.241. The van der Waals surface area contributed by atoms with Crippen LogP contribution in [0.25, 0.3) is 0 Å². The second-order valence-corrected chi connectivity index (χ2v) is 5.35. The van der Waals surface area contributed by atoms with Gasteiger partial charge in [0.1, 0.15) is 23.7 Å². The number of aliphatic imine (C=N–C) groups is 1. The Morgan fingerprint density at radius 2 is 2.06 bits per heavy atom. The average molecular weight is 278 g/mol. The highest BCUT2D eigenvalue weighted by Crippen LogP contribution is 2.33. The largest absolute Gasteiger partial charge is 0.396 e. The van der Waals surface area contributed by atoms with Crippen LogP contribution in [0.3, 0.4) is 0 Å². The van der Waals surface area contributed by atoms with E-state index in [4.69, 9.17) is 14.9 Å². The Labute approximate surface area is 109 Å². The molecule has 0 aromatic rings. The van der Waals surface area contributed by atoms with E-state index in [2.05, 4.69) is 10.3 Å². The lowest BCUT2D eigenvalue weighted by atomic mass is 9.98. The van der Waals surface area contributed by atoms with Gasteiger partial charge in [0.05, 0.1) is 12.6 Å². The normalized spacial score (nSPS) is 41.8. The molecule has 0 aliphatic carbocycles. The number of rotatable bonds is 4. The van der Waals surface area contributed by atoms with E-state index in [9.17, 15) is 10.2 Å². The van der Waals surface area contributed by atoms with E-state index in [0.29, 0.717) is 18.1 Å². The van der Waals surface area contributed by atoms with Crippen molar-refractivity contribution < 1.29 is 25.2 Å². The minimum absolute atomic E-state index is 0.0821. The minimum Gasteiger partial charge on any atom is -0.396 e. The van der Waals surface area contributed by atoms with Crippen LogP contribution in [0.15, 0.2) is 4.99 Å². The molecule has 0 bridgehead atoms. The van der Waals surface area contributed by atoms with Gasteiger partial charge in [0.2, 0.25) is 0 Å². The van der Waals surface area contributed by atoms with Crippen LogP contribution >= 0.6 is 11.8 Å². The SMILES string of the molecule is OCCCN=C1NC2C(OC(CO)C(O)C2O)S1. The molecule has 2 fully saturated rings. The molecule has 0 aromatic carbocycles. The van der Waals surface area contributed by atoms with Gasteiger partial charge in [-0.25, -0.2) is 0 Å². The van der Waals surface area contributed by atoms with Crippen molar-refractivity contribution in [2.75, 3.05) is 19.8 Å². The summed E-state index contributed by atoms with van der Waals surface area (Å²) in [4.78, 5) is 4.22. The van der Waals surface area contributed by atoms with E-state index < -0.39 is 24.4 Å². The molecule has 0 saturated carbocycles. The molecule has 5 N–H and O–H groups in total. The quantitative estimate of drug-likeness (QED) is 0.373. The minimum atomic E-state index is -1.11. The molecule has 2 rings (SSSR count). The summed E-state index contributed by atoms with van der Waals surface area (Å²) >= 11 is 1.32. The van der Waals surface area contributed by atoms with Gasteiger partial charge in [0, 0.05) is 13.2 Å². The molecule has 0 radical (unpaired) electrons. The molecule has 7 nitrogen and oxygen atoms in total. The Morgan fingerprint density at radius 1 is 1.28 bits per heavy atom. The topological polar surface area (TPSA) is 115 Å². The number of fused-ring (bicyclic) bond motifs is 1. The predicted molar refractivity (Wildman–Crippen MR) is 66.3 cm³/mol. The zero-order chi connectivity index (χ0) is 13.1. The van der Waals surface area contributed by atoms with Crippen molar-refractivity contribution in [2.45, 2.75) is 36.2 Å². The van der Waals surface area contributed by atoms with Gasteiger partial charge in [0.15, 0.2) is 5.17 Å². The van der Waals surface area contributed by atoms with Crippen molar-refractivity contribution in [2.24, 2.45) is 4.99 Å². The molecule has 0 spiro atoms. The highest BCUT2D eigenvalue weighted by atomic mass is 32.2. The van der Waals surface area contributed by atoms with Gasteiger partial charge in [-0.3, -0.25) is 4.99 Å². The number of nitrogens with zero attached hydrogens (tertiary/aromatic N) is 1. The van der Waals surface area contributed by atoms with Crippen molar-refractivity contribution in [1.82, 2.24) is 5.32 Å². The Morgan fingerprint density at radius 3 is 2.72 bits per heavy atom. The summed E-state index contributed by atoms with van der Waals surface area (Å²) in [5, 5.41) is 41.0. The average Bonchev–Trinajstić information content (AvgIpc) is 2.77. The van der Waals surface area contributed by atoms with Gasteiger partial charge < -0.3 is 30.5 Å². The molecular formula is C10H18N2O5S. The molecule has 0 amide bonds. The van der Waals surface area contributed by atoms with Crippen molar-refractivity contribution in [1.29, 1.82) is 0 Å². The Bertz CT molecular complexity index is 317. The monoisotopic (exact) mass is 278 g/mol. The standard InChI is InChI=1S/C10H18N2O5S/c13-3-1-2-11-10-12-6-8(16)7(15)5(4-14)17-9(6)18-10/h5-9,13-16H,1-4H2,(H,11,12). The van der Waals surface area contributed by atoms with Gasteiger partial charge in [-0.1, -0.05) is 11.8 Å². The first-order chi connectivity index (χ1) is 8.67. The van der Waals surface area contributed by atoms with E-state index >= 15 is 0 Å². The summed E-state index contributed by atoms with van der Waals surface area (Å²) in [7, 11) is 0. The summed E-state index contributed by atoms with van der Waals surface area (Å²) < 4.78 is 5.49. The van der Waals surface area contributed by atoms with Crippen LogP contribution in [0, 0.1) is 0 Å². The Kier molecular flexibility index (Phi) is 4.82. The molecule has 2 heterocycles. The molecule has 104 valence electrons. The number of nitrogens with one attached hydrogen (secondary N) is 1. The number of thioether (sulfide) groups is 1. The number of ether oxygens (including phenoxy) is 1. The van der Waals surface area contributed by atoms with E-state index in [-0.39, 0.29) is 18.6 Å². The van der Waals surface area contributed by atoms with Crippen LogP contribution in [-0.4, -0.2) is 75.1 Å². The van der Waals surface area contributed by atoms with Crippen molar-refractivity contribution in [3.8, 4) is 0 Å².